The first-order valence-electron chi connectivity index (χ1n) is 11.1. The molecule has 0 aliphatic carbocycles. The minimum atomic E-state index is 0.00628. The zero-order valence-corrected chi connectivity index (χ0v) is 20.2. The normalized spacial score (nSPS) is 15.9. The van der Waals surface area contributed by atoms with Crippen LogP contribution >= 0.6 is 23.2 Å². The lowest BCUT2D eigenvalue weighted by Crippen LogP contribution is -2.44. The molecule has 1 atom stereocenters. The molecule has 1 N–H and O–H groups in total. The molecule has 3 rings (SSSR count). The van der Waals surface area contributed by atoms with Crippen molar-refractivity contribution in [2.24, 2.45) is 0 Å². The molecule has 1 saturated heterocycles. The molecule has 172 valence electrons. The molecule has 0 spiro atoms. The number of likely N-dealkylation sites (tertiary alicyclic amines) is 1. The van der Waals surface area contributed by atoms with E-state index in [9.17, 15) is 9.59 Å². The topological polar surface area (TPSA) is 52.7 Å². The van der Waals surface area contributed by atoms with Crippen LogP contribution < -0.4 is 5.32 Å². The Bertz CT molecular complexity index is 915. The summed E-state index contributed by atoms with van der Waals surface area (Å²) in [5, 5.41) is 4.08. The molecule has 1 aliphatic rings. The molecule has 1 aliphatic heterocycles. The molecule has 2 amide bonds. The van der Waals surface area contributed by atoms with E-state index >= 15 is 0 Å². The van der Waals surface area contributed by atoms with Gasteiger partial charge in [-0.1, -0.05) is 47.5 Å². The number of amides is 2. The molecule has 0 saturated carbocycles. The quantitative estimate of drug-likeness (QED) is 0.593. The molecule has 7 heteroatoms. The van der Waals surface area contributed by atoms with Crippen molar-refractivity contribution in [2.45, 2.75) is 38.1 Å². The van der Waals surface area contributed by atoms with Crippen molar-refractivity contribution in [2.75, 3.05) is 33.2 Å². The number of hydrogen-bond donors (Lipinski definition) is 1. The molecule has 5 nitrogen and oxygen atoms in total. The Morgan fingerprint density at radius 1 is 1.09 bits per heavy atom. The number of piperidine rings is 1. The molecule has 1 unspecified atom stereocenters. The fourth-order valence-corrected chi connectivity index (χ4v) is 4.58. The summed E-state index contributed by atoms with van der Waals surface area (Å²) in [7, 11) is 1.85. The number of likely N-dealkylation sites (N-methyl/N-ethyl adjacent to an activating group) is 1. The monoisotopic (exact) mass is 475 g/mol. The lowest BCUT2D eigenvalue weighted by Gasteiger charge is -2.33. The van der Waals surface area contributed by atoms with Gasteiger partial charge >= 0.3 is 0 Å². The lowest BCUT2D eigenvalue weighted by atomic mass is 9.94. The van der Waals surface area contributed by atoms with Crippen LogP contribution in [-0.4, -0.2) is 60.9 Å². The van der Waals surface area contributed by atoms with Crippen molar-refractivity contribution in [3.63, 3.8) is 0 Å². The van der Waals surface area contributed by atoms with Crippen molar-refractivity contribution >= 4 is 35.0 Å². The standard InChI is InChI=1S/C25H31Cl2N3O2/c1-18(31)28-22-11-14-30(15-12-22)13-10-21(20-8-9-23(26)24(27)16-20)17-29(2)25(32)19-6-4-3-5-7-19/h3-9,16,21-22H,10-15,17H2,1-2H3,(H,28,31). The number of hydrogen-bond acceptors (Lipinski definition) is 3. The number of benzene rings is 2. The van der Waals surface area contributed by atoms with E-state index in [0.29, 0.717) is 22.2 Å². The summed E-state index contributed by atoms with van der Waals surface area (Å²) in [4.78, 5) is 28.4. The first-order chi connectivity index (χ1) is 15.3. The van der Waals surface area contributed by atoms with Gasteiger partial charge in [-0.3, -0.25) is 9.59 Å². The lowest BCUT2D eigenvalue weighted by molar-refractivity contribution is -0.119. The van der Waals surface area contributed by atoms with Crippen LogP contribution in [0.2, 0.25) is 10.0 Å². The van der Waals surface area contributed by atoms with E-state index in [-0.39, 0.29) is 23.8 Å². The summed E-state index contributed by atoms with van der Waals surface area (Å²) >= 11 is 12.4. The van der Waals surface area contributed by atoms with Crippen LogP contribution in [0.25, 0.3) is 0 Å². The number of nitrogens with zero attached hydrogens (tertiary/aromatic N) is 2. The van der Waals surface area contributed by atoms with Gasteiger partial charge in [0.2, 0.25) is 5.91 Å². The van der Waals surface area contributed by atoms with Crippen molar-refractivity contribution in [1.29, 1.82) is 0 Å². The summed E-state index contributed by atoms with van der Waals surface area (Å²) in [5.41, 5.74) is 1.77. The van der Waals surface area contributed by atoms with Gasteiger partial charge < -0.3 is 15.1 Å². The Labute approximate surface area is 200 Å². The molecule has 32 heavy (non-hydrogen) atoms. The molecule has 1 fully saturated rings. The molecular weight excluding hydrogens is 445 g/mol. The SMILES string of the molecule is CC(=O)NC1CCN(CCC(CN(C)C(=O)c2ccccc2)c2ccc(Cl)c(Cl)c2)CC1. The zero-order chi connectivity index (χ0) is 23.1. The van der Waals surface area contributed by atoms with E-state index < -0.39 is 0 Å². The van der Waals surface area contributed by atoms with Crippen LogP contribution in [0, 0.1) is 0 Å². The summed E-state index contributed by atoms with van der Waals surface area (Å²) < 4.78 is 0. The molecule has 2 aromatic carbocycles. The summed E-state index contributed by atoms with van der Waals surface area (Å²) in [6, 6.07) is 15.3. The van der Waals surface area contributed by atoms with Gasteiger partial charge in [0.15, 0.2) is 0 Å². The van der Waals surface area contributed by atoms with Crippen molar-refractivity contribution in [3.8, 4) is 0 Å². The van der Waals surface area contributed by atoms with E-state index in [0.717, 1.165) is 44.5 Å². The van der Waals surface area contributed by atoms with Gasteiger partial charge in [0.05, 0.1) is 10.0 Å². The molecule has 2 aromatic rings. The Kier molecular flexibility index (Phi) is 8.97. The van der Waals surface area contributed by atoms with E-state index in [1.54, 1.807) is 11.8 Å². The van der Waals surface area contributed by atoms with E-state index in [2.05, 4.69) is 10.2 Å². The average molecular weight is 476 g/mol. The Balaban J connectivity index is 1.65. The first kappa shape index (κ1) is 24.6. The second-order valence-electron chi connectivity index (χ2n) is 8.53. The Morgan fingerprint density at radius 3 is 2.41 bits per heavy atom. The predicted octanol–water partition coefficient (Wildman–Crippen LogP) is 4.84. The summed E-state index contributed by atoms with van der Waals surface area (Å²) in [5.74, 6) is 0.177. The van der Waals surface area contributed by atoms with Gasteiger partial charge in [-0.2, -0.15) is 0 Å². The maximum Gasteiger partial charge on any atom is 0.253 e. The van der Waals surface area contributed by atoms with Gasteiger partial charge in [-0.25, -0.2) is 0 Å². The fourth-order valence-electron chi connectivity index (χ4n) is 4.27. The van der Waals surface area contributed by atoms with Crippen molar-refractivity contribution in [1.82, 2.24) is 15.1 Å². The second-order valence-corrected chi connectivity index (χ2v) is 9.34. The minimum absolute atomic E-state index is 0.00628. The van der Waals surface area contributed by atoms with Gasteiger partial charge in [-0.15, -0.1) is 0 Å². The van der Waals surface area contributed by atoms with Crippen molar-refractivity contribution in [3.05, 3.63) is 69.7 Å². The smallest absolute Gasteiger partial charge is 0.253 e. The fraction of sp³-hybridized carbons (Fsp3) is 0.440. The van der Waals surface area contributed by atoms with Crippen LogP contribution in [-0.2, 0) is 4.79 Å². The predicted molar refractivity (Wildman–Crippen MR) is 131 cm³/mol. The number of halogens is 2. The third-order valence-electron chi connectivity index (χ3n) is 6.07. The molecule has 0 aromatic heterocycles. The molecule has 1 heterocycles. The second kappa shape index (κ2) is 11.7. The zero-order valence-electron chi connectivity index (χ0n) is 18.7. The molecule has 0 radical (unpaired) electrons. The van der Waals surface area contributed by atoms with Gasteiger partial charge in [0.25, 0.3) is 5.91 Å². The van der Waals surface area contributed by atoms with Crippen LogP contribution in [0.3, 0.4) is 0 Å². The van der Waals surface area contributed by atoms with Crippen LogP contribution in [0.15, 0.2) is 48.5 Å². The van der Waals surface area contributed by atoms with Gasteiger partial charge in [0.1, 0.15) is 0 Å². The third kappa shape index (κ3) is 6.96. The minimum Gasteiger partial charge on any atom is -0.354 e. The van der Waals surface area contributed by atoms with Gasteiger partial charge in [-0.05, 0) is 55.6 Å². The maximum atomic E-state index is 12.9. The van der Waals surface area contributed by atoms with Crippen LogP contribution in [0.4, 0.5) is 0 Å². The summed E-state index contributed by atoms with van der Waals surface area (Å²) in [6.07, 6.45) is 2.82. The Morgan fingerprint density at radius 2 is 1.78 bits per heavy atom. The first-order valence-corrected chi connectivity index (χ1v) is 11.8. The van der Waals surface area contributed by atoms with Crippen molar-refractivity contribution < 1.29 is 9.59 Å². The number of rotatable bonds is 8. The Hall–Kier alpha value is -2.08. The highest BCUT2D eigenvalue weighted by atomic mass is 35.5. The highest BCUT2D eigenvalue weighted by molar-refractivity contribution is 6.42. The molecule has 0 bridgehead atoms. The number of carbonyl (C=O) groups is 2. The largest absolute Gasteiger partial charge is 0.354 e. The third-order valence-corrected chi connectivity index (χ3v) is 6.80. The van der Waals surface area contributed by atoms with Crippen LogP contribution in [0.1, 0.15) is 48.0 Å². The van der Waals surface area contributed by atoms with E-state index in [1.165, 1.54) is 0 Å². The average Bonchev–Trinajstić information content (AvgIpc) is 2.79. The van der Waals surface area contributed by atoms with E-state index in [4.69, 9.17) is 23.2 Å². The van der Waals surface area contributed by atoms with E-state index in [1.807, 2.05) is 55.6 Å². The molecular formula is C25H31Cl2N3O2. The maximum absolute atomic E-state index is 12.9. The highest BCUT2D eigenvalue weighted by Crippen LogP contribution is 2.29. The van der Waals surface area contributed by atoms with Gasteiger partial charge in [0, 0.05) is 51.1 Å². The highest BCUT2D eigenvalue weighted by Gasteiger charge is 2.23. The van der Waals surface area contributed by atoms with Crippen LogP contribution in [0.5, 0.6) is 0 Å². The number of carbonyl (C=O) groups excluding carboxylic acids is 2. The number of nitrogens with one attached hydrogen (secondary N) is 1. The summed E-state index contributed by atoms with van der Waals surface area (Å²) in [6.45, 7) is 5.00.